The molecule has 1 aliphatic carbocycles. The first-order valence-electron chi connectivity index (χ1n) is 3.78. The molecule has 1 heteroatoms. The van der Waals surface area contributed by atoms with Crippen LogP contribution in [0.2, 0.25) is 0 Å². The molecule has 0 unspecified atom stereocenters. The van der Waals surface area contributed by atoms with Crippen LogP contribution in [0.3, 0.4) is 0 Å². The highest BCUT2D eigenvalue weighted by Gasteiger charge is 2.12. The molecule has 1 nitrogen and oxygen atoms in total. The molecule has 0 N–H and O–H groups in total. The minimum atomic E-state index is 1.08. The highest BCUT2D eigenvalue weighted by atomic mass is 16.3. The molecule has 0 aliphatic heterocycles. The van der Waals surface area contributed by atoms with Gasteiger partial charge in [-0.25, -0.2) is 0 Å². The van der Waals surface area contributed by atoms with Crippen molar-refractivity contribution in [2.24, 2.45) is 5.92 Å². The Morgan fingerprint density at radius 1 is 1.50 bits per heavy atom. The number of aryl methyl sites for hydroxylation is 1. The van der Waals surface area contributed by atoms with Gasteiger partial charge in [-0.05, 0) is 24.5 Å². The third kappa shape index (κ3) is 3.33. The summed E-state index contributed by atoms with van der Waals surface area (Å²) in [6.45, 7) is 4.27. The number of rotatable bonds is 0. The summed E-state index contributed by atoms with van der Waals surface area (Å²) in [7, 11) is 0. The lowest BCUT2D eigenvalue weighted by Gasteiger charge is -1.63. The predicted octanol–water partition coefficient (Wildman–Crippen LogP) is 3.00. The summed E-state index contributed by atoms with van der Waals surface area (Å²) < 4.78 is 4.71. The van der Waals surface area contributed by atoms with Crippen LogP contribution in [0, 0.1) is 12.8 Å². The van der Waals surface area contributed by atoms with Gasteiger partial charge in [-0.15, -0.1) is 0 Å². The van der Waals surface area contributed by atoms with E-state index in [1.807, 2.05) is 13.0 Å². The van der Waals surface area contributed by atoms with Gasteiger partial charge >= 0.3 is 0 Å². The Balaban J connectivity index is 0.000000108. The SMILES string of the molecule is CC1CC1.Cc1ccoc1. The molecule has 0 bridgehead atoms. The Kier molecular flexibility index (Phi) is 2.55. The number of furan rings is 1. The molecule has 1 aromatic rings. The predicted molar refractivity (Wildman–Crippen MR) is 41.8 cm³/mol. The minimum absolute atomic E-state index is 1.08. The normalized spacial score (nSPS) is 15.8. The van der Waals surface area contributed by atoms with Crippen LogP contribution >= 0.6 is 0 Å². The van der Waals surface area contributed by atoms with Gasteiger partial charge in [-0.3, -0.25) is 0 Å². The van der Waals surface area contributed by atoms with Gasteiger partial charge in [-0.2, -0.15) is 0 Å². The Morgan fingerprint density at radius 2 is 2.10 bits per heavy atom. The Labute approximate surface area is 62.1 Å². The topological polar surface area (TPSA) is 13.1 Å². The average Bonchev–Trinajstić information content (AvgIpc) is 2.50. The van der Waals surface area contributed by atoms with Crippen molar-refractivity contribution in [2.75, 3.05) is 0 Å². The summed E-state index contributed by atoms with van der Waals surface area (Å²) in [6.07, 6.45) is 6.34. The van der Waals surface area contributed by atoms with E-state index in [1.165, 1.54) is 18.4 Å². The Hall–Kier alpha value is -0.720. The third-order valence-corrected chi connectivity index (χ3v) is 1.53. The molecule has 0 radical (unpaired) electrons. The molecular formula is C9H14O. The molecule has 56 valence electrons. The summed E-state index contributed by atoms with van der Waals surface area (Å²) in [4.78, 5) is 0. The first-order valence-corrected chi connectivity index (χ1v) is 3.78. The largest absolute Gasteiger partial charge is 0.472 e. The van der Waals surface area contributed by atoms with Gasteiger partial charge in [0.2, 0.25) is 0 Å². The molecule has 1 aliphatic rings. The van der Waals surface area contributed by atoms with Crippen LogP contribution in [0.25, 0.3) is 0 Å². The smallest absolute Gasteiger partial charge is 0.0931 e. The molecule has 1 fully saturated rings. The van der Waals surface area contributed by atoms with E-state index in [4.69, 9.17) is 4.42 Å². The Bertz CT molecular complexity index is 161. The molecule has 2 rings (SSSR count). The van der Waals surface area contributed by atoms with Crippen molar-refractivity contribution in [1.82, 2.24) is 0 Å². The zero-order valence-corrected chi connectivity index (χ0v) is 6.63. The summed E-state index contributed by atoms with van der Waals surface area (Å²) in [5, 5.41) is 0. The van der Waals surface area contributed by atoms with E-state index in [0.717, 1.165) is 5.92 Å². The van der Waals surface area contributed by atoms with Gasteiger partial charge in [0.05, 0.1) is 12.5 Å². The van der Waals surface area contributed by atoms with Crippen LogP contribution in [0.5, 0.6) is 0 Å². The van der Waals surface area contributed by atoms with Crippen molar-refractivity contribution in [3.8, 4) is 0 Å². The number of hydrogen-bond acceptors (Lipinski definition) is 1. The molecule has 0 spiro atoms. The fourth-order valence-electron chi connectivity index (χ4n) is 0.499. The molecule has 1 heterocycles. The van der Waals surface area contributed by atoms with Crippen molar-refractivity contribution >= 4 is 0 Å². The lowest BCUT2D eigenvalue weighted by Crippen LogP contribution is -1.48. The lowest BCUT2D eigenvalue weighted by molar-refractivity contribution is 0.565. The summed E-state index contributed by atoms with van der Waals surface area (Å²) >= 11 is 0. The molecule has 1 aromatic heterocycles. The van der Waals surface area contributed by atoms with Crippen molar-refractivity contribution < 1.29 is 4.42 Å². The van der Waals surface area contributed by atoms with E-state index in [2.05, 4.69) is 6.92 Å². The summed E-state index contributed by atoms with van der Waals surface area (Å²) in [5.74, 6) is 1.08. The summed E-state index contributed by atoms with van der Waals surface area (Å²) in [5.41, 5.74) is 1.18. The molecule has 1 saturated carbocycles. The molecule has 0 saturated heterocycles. The van der Waals surface area contributed by atoms with E-state index in [1.54, 1.807) is 12.5 Å². The van der Waals surface area contributed by atoms with Gasteiger partial charge in [0.15, 0.2) is 0 Å². The maximum absolute atomic E-state index is 4.71. The second-order valence-corrected chi connectivity index (χ2v) is 2.98. The lowest BCUT2D eigenvalue weighted by atomic mass is 10.4. The van der Waals surface area contributed by atoms with E-state index < -0.39 is 0 Å². The fraction of sp³-hybridized carbons (Fsp3) is 0.556. The van der Waals surface area contributed by atoms with Crippen LogP contribution < -0.4 is 0 Å². The molecule has 0 amide bonds. The van der Waals surface area contributed by atoms with Crippen LogP contribution in [-0.2, 0) is 0 Å². The average molecular weight is 138 g/mol. The minimum Gasteiger partial charge on any atom is -0.472 e. The van der Waals surface area contributed by atoms with Gasteiger partial charge in [0.25, 0.3) is 0 Å². The standard InChI is InChI=1S/C5H6O.C4H8/c1-5-2-3-6-4-5;1-4-2-3-4/h2-4H,1H3;4H,2-3H2,1H3. The zero-order valence-electron chi connectivity index (χ0n) is 6.63. The molecule has 0 aromatic carbocycles. The van der Waals surface area contributed by atoms with Crippen molar-refractivity contribution in [1.29, 1.82) is 0 Å². The first-order chi connectivity index (χ1) is 4.79. The second-order valence-electron chi connectivity index (χ2n) is 2.98. The van der Waals surface area contributed by atoms with E-state index in [-0.39, 0.29) is 0 Å². The maximum Gasteiger partial charge on any atom is 0.0931 e. The van der Waals surface area contributed by atoms with Crippen molar-refractivity contribution in [2.45, 2.75) is 26.7 Å². The molecular weight excluding hydrogens is 124 g/mol. The summed E-state index contributed by atoms with van der Waals surface area (Å²) in [6, 6.07) is 1.92. The first kappa shape index (κ1) is 7.39. The van der Waals surface area contributed by atoms with Gasteiger partial charge in [0, 0.05) is 0 Å². The van der Waals surface area contributed by atoms with Crippen LogP contribution in [0.15, 0.2) is 23.0 Å². The quantitative estimate of drug-likeness (QED) is 0.537. The van der Waals surface area contributed by atoms with Crippen molar-refractivity contribution in [3.63, 3.8) is 0 Å². The van der Waals surface area contributed by atoms with E-state index >= 15 is 0 Å². The van der Waals surface area contributed by atoms with E-state index in [9.17, 15) is 0 Å². The van der Waals surface area contributed by atoms with Gasteiger partial charge in [-0.1, -0.05) is 19.8 Å². The third-order valence-electron chi connectivity index (χ3n) is 1.53. The van der Waals surface area contributed by atoms with Gasteiger partial charge in [0.1, 0.15) is 0 Å². The second kappa shape index (κ2) is 3.45. The highest BCUT2D eigenvalue weighted by Crippen LogP contribution is 2.26. The van der Waals surface area contributed by atoms with Crippen LogP contribution in [0.1, 0.15) is 25.3 Å². The number of hydrogen-bond donors (Lipinski definition) is 0. The van der Waals surface area contributed by atoms with Crippen molar-refractivity contribution in [3.05, 3.63) is 24.2 Å². The van der Waals surface area contributed by atoms with Gasteiger partial charge < -0.3 is 4.42 Å². The zero-order chi connectivity index (χ0) is 7.40. The van der Waals surface area contributed by atoms with E-state index in [0.29, 0.717) is 0 Å². The molecule has 10 heavy (non-hydrogen) atoms. The molecule has 0 atom stereocenters. The Morgan fingerprint density at radius 3 is 2.20 bits per heavy atom. The van der Waals surface area contributed by atoms with Crippen LogP contribution in [-0.4, -0.2) is 0 Å². The monoisotopic (exact) mass is 138 g/mol. The maximum atomic E-state index is 4.71. The highest BCUT2D eigenvalue weighted by molar-refractivity contribution is 5.00. The van der Waals surface area contributed by atoms with Crippen LogP contribution in [0.4, 0.5) is 0 Å². The fourth-order valence-corrected chi connectivity index (χ4v) is 0.499.